The molecule has 0 heterocycles. The van der Waals surface area contributed by atoms with Crippen molar-refractivity contribution >= 4 is 5.97 Å². The Morgan fingerprint density at radius 2 is 2.12 bits per heavy atom. The number of esters is 1. The highest BCUT2D eigenvalue weighted by atomic mass is 16.5. The number of aliphatic hydroxyl groups is 1. The van der Waals surface area contributed by atoms with Crippen molar-refractivity contribution in [2.75, 3.05) is 20.2 Å². The summed E-state index contributed by atoms with van der Waals surface area (Å²) >= 11 is 0. The van der Waals surface area contributed by atoms with Gasteiger partial charge in [0.15, 0.2) is 5.60 Å². The molecule has 100 valence electrons. The predicted octanol–water partition coefficient (Wildman–Crippen LogP) is 1.33. The third-order valence-corrected chi connectivity index (χ3v) is 3.79. The van der Waals surface area contributed by atoms with E-state index in [2.05, 4.69) is 17.0 Å². The molecule has 17 heavy (non-hydrogen) atoms. The lowest BCUT2D eigenvalue weighted by molar-refractivity contribution is -0.159. The zero-order valence-corrected chi connectivity index (χ0v) is 11.2. The van der Waals surface area contributed by atoms with Crippen LogP contribution in [0, 0.1) is 11.8 Å². The number of nitrogens with one attached hydrogen (secondary N) is 1. The molecular formula is C13H25NO3. The Bertz CT molecular complexity index is 253. The number of carbonyl (C=O) groups is 1. The van der Waals surface area contributed by atoms with Gasteiger partial charge in [-0.25, -0.2) is 4.79 Å². The van der Waals surface area contributed by atoms with E-state index in [-0.39, 0.29) is 6.54 Å². The van der Waals surface area contributed by atoms with E-state index in [0.717, 1.165) is 12.5 Å². The first-order valence-electron chi connectivity index (χ1n) is 6.49. The van der Waals surface area contributed by atoms with Crippen molar-refractivity contribution in [1.29, 1.82) is 0 Å². The van der Waals surface area contributed by atoms with E-state index < -0.39 is 11.6 Å². The molecule has 0 aromatic carbocycles. The van der Waals surface area contributed by atoms with E-state index in [0.29, 0.717) is 5.92 Å². The molecule has 2 N–H and O–H groups in total. The van der Waals surface area contributed by atoms with Crippen LogP contribution < -0.4 is 5.32 Å². The second-order valence-electron chi connectivity index (χ2n) is 5.42. The van der Waals surface area contributed by atoms with Gasteiger partial charge < -0.3 is 15.2 Å². The van der Waals surface area contributed by atoms with Gasteiger partial charge in [-0.05, 0) is 31.7 Å². The molecule has 1 aliphatic carbocycles. The lowest BCUT2D eigenvalue weighted by atomic mass is 9.80. The molecule has 1 rings (SSSR count). The monoisotopic (exact) mass is 243 g/mol. The molecule has 3 unspecified atom stereocenters. The van der Waals surface area contributed by atoms with Crippen LogP contribution >= 0.6 is 0 Å². The summed E-state index contributed by atoms with van der Waals surface area (Å²) in [6.45, 7) is 4.89. The summed E-state index contributed by atoms with van der Waals surface area (Å²) in [5, 5.41) is 13.0. The van der Waals surface area contributed by atoms with Crippen LogP contribution in [0.2, 0.25) is 0 Å². The van der Waals surface area contributed by atoms with Gasteiger partial charge in [-0.1, -0.05) is 26.2 Å². The maximum atomic E-state index is 11.3. The van der Waals surface area contributed by atoms with Crippen LogP contribution in [0.4, 0.5) is 0 Å². The molecule has 0 aromatic heterocycles. The number of carbonyl (C=O) groups excluding carboxylic acids is 1. The quantitative estimate of drug-likeness (QED) is 0.715. The summed E-state index contributed by atoms with van der Waals surface area (Å²) in [6.07, 6.45) is 5.16. The first-order valence-corrected chi connectivity index (χ1v) is 6.49. The van der Waals surface area contributed by atoms with Gasteiger partial charge in [0.05, 0.1) is 7.11 Å². The summed E-state index contributed by atoms with van der Waals surface area (Å²) in [5.41, 5.74) is -1.42. The molecular weight excluding hydrogens is 218 g/mol. The van der Waals surface area contributed by atoms with Crippen molar-refractivity contribution in [3.8, 4) is 0 Å². The molecule has 0 saturated heterocycles. The Morgan fingerprint density at radius 3 is 2.71 bits per heavy atom. The highest BCUT2D eigenvalue weighted by Crippen LogP contribution is 2.28. The van der Waals surface area contributed by atoms with Gasteiger partial charge in [0.1, 0.15) is 0 Å². The summed E-state index contributed by atoms with van der Waals surface area (Å²) in [6, 6.07) is 0. The molecule has 0 spiro atoms. The third-order valence-electron chi connectivity index (χ3n) is 3.79. The fraction of sp³-hybridized carbons (Fsp3) is 0.923. The van der Waals surface area contributed by atoms with Crippen LogP contribution in [-0.4, -0.2) is 36.9 Å². The molecule has 0 amide bonds. The molecule has 0 aromatic rings. The number of methoxy groups -OCH3 is 1. The van der Waals surface area contributed by atoms with Crippen molar-refractivity contribution in [2.24, 2.45) is 11.8 Å². The van der Waals surface area contributed by atoms with E-state index in [9.17, 15) is 9.90 Å². The van der Waals surface area contributed by atoms with Crippen LogP contribution in [-0.2, 0) is 9.53 Å². The Morgan fingerprint density at radius 1 is 1.47 bits per heavy atom. The van der Waals surface area contributed by atoms with Crippen molar-refractivity contribution in [1.82, 2.24) is 5.32 Å². The third kappa shape index (κ3) is 4.28. The molecule has 3 atom stereocenters. The highest BCUT2D eigenvalue weighted by Gasteiger charge is 2.31. The predicted molar refractivity (Wildman–Crippen MR) is 66.6 cm³/mol. The topological polar surface area (TPSA) is 58.6 Å². The zero-order valence-electron chi connectivity index (χ0n) is 11.2. The van der Waals surface area contributed by atoms with Gasteiger partial charge >= 0.3 is 5.97 Å². The minimum atomic E-state index is -1.42. The molecule has 1 fully saturated rings. The first-order chi connectivity index (χ1) is 7.97. The number of hydrogen-bond acceptors (Lipinski definition) is 4. The maximum Gasteiger partial charge on any atom is 0.338 e. The van der Waals surface area contributed by atoms with Crippen LogP contribution in [0.1, 0.15) is 39.5 Å². The normalized spacial score (nSPS) is 28.5. The molecule has 0 aliphatic heterocycles. The Kier molecular flexibility index (Phi) is 5.40. The van der Waals surface area contributed by atoms with Gasteiger partial charge in [-0.2, -0.15) is 0 Å². The minimum absolute atomic E-state index is 0.253. The fourth-order valence-electron chi connectivity index (χ4n) is 2.49. The number of ether oxygens (including phenoxy) is 1. The second-order valence-corrected chi connectivity index (χ2v) is 5.42. The van der Waals surface area contributed by atoms with E-state index in [4.69, 9.17) is 0 Å². The second kappa shape index (κ2) is 6.36. The van der Waals surface area contributed by atoms with E-state index in [1.54, 1.807) is 0 Å². The summed E-state index contributed by atoms with van der Waals surface area (Å²) in [4.78, 5) is 11.3. The van der Waals surface area contributed by atoms with Gasteiger partial charge in [-0.3, -0.25) is 0 Å². The lowest BCUT2D eigenvalue weighted by Crippen LogP contribution is -2.47. The minimum Gasteiger partial charge on any atom is -0.467 e. The molecule has 4 heteroatoms. The summed E-state index contributed by atoms with van der Waals surface area (Å²) in [7, 11) is 1.29. The van der Waals surface area contributed by atoms with Gasteiger partial charge in [0.25, 0.3) is 0 Å². The zero-order chi connectivity index (χ0) is 12.9. The van der Waals surface area contributed by atoms with Crippen molar-refractivity contribution in [3.05, 3.63) is 0 Å². The smallest absolute Gasteiger partial charge is 0.338 e. The van der Waals surface area contributed by atoms with E-state index >= 15 is 0 Å². The molecule has 0 radical (unpaired) electrons. The van der Waals surface area contributed by atoms with Gasteiger partial charge in [-0.15, -0.1) is 0 Å². The van der Waals surface area contributed by atoms with E-state index in [1.165, 1.54) is 39.7 Å². The number of rotatable bonds is 5. The van der Waals surface area contributed by atoms with Crippen LogP contribution in [0.25, 0.3) is 0 Å². The average molecular weight is 243 g/mol. The standard InChI is InChI=1S/C13H25NO3/c1-10-6-4-5-7-11(10)8-14-9-13(2,16)12(15)17-3/h10-11,14,16H,4-9H2,1-3H3. The van der Waals surface area contributed by atoms with Gasteiger partial charge in [0, 0.05) is 6.54 Å². The van der Waals surface area contributed by atoms with Crippen LogP contribution in [0.5, 0.6) is 0 Å². The molecule has 1 aliphatic rings. The Balaban J connectivity index is 2.29. The van der Waals surface area contributed by atoms with E-state index in [1.807, 2.05) is 0 Å². The Hall–Kier alpha value is -0.610. The van der Waals surface area contributed by atoms with Gasteiger partial charge in [0.2, 0.25) is 0 Å². The summed E-state index contributed by atoms with van der Waals surface area (Å²) in [5.74, 6) is 0.818. The first kappa shape index (κ1) is 14.5. The molecule has 1 saturated carbocycles. The lowest BCUT2D eigenvalue weighted by Gasteiger charge is -2.30. The maximum absolute atomic E-state index is 11.3. The van der Waals surface area contributed by atoms with Crippen molar-refractivity contribution < 1.29 is 14.6 Å². The number of hydrogen-bond donors (Lipinski definition) is 2. The summed E-state index contributed by atoms with van der Waals surface area (Å²) < 4.78 is 4.55. The average Bonchev–Trinajstić information content (AvgIpc) is 2.30. The molecule has 0 bridgehead atoms. The fourth-order valence-corrected chi connectivity index (χ4v) is 2.49. The van der Waals surface area contributed by atoms with Crippen molar-refractivity contribution in [2.45, 2.75) is 45.1 Å². The molecule has 4 nitrogen and oxygen atoms in total. The highest BCUT2D eigenvalue weighted by molar-refractivity contribution is 5.78. The van der Waals surface area contributed by atoms with Crippen LogP contribution in [0.15, 0.2) is 0 Å². The van der Waals surface area contributed by atoms with Crippen molar-refractivity contribution in [3.63, 3.8) is 0 Å². The SMILES string of the molecule is COC(=O)C(C)(O)CNCC1CCCCC1C. The Labute approximate surface area is 104 Å². The largest absolute Gasteiger partial charge is 0.467 e. The van der Waals surface area contributed by atoms with Crippen LogP contribution in [0.3, 0.4) is 0 Å².